The Morgan fingerprint density at radius 3 is 2.46 bits per heavy atom. The summed E-state index contributed by atoms with van der Waals surface area (Å²) in [7, 11) is 0. The molecule has 0 heterocycles. The minimum absolute atomic E-state index is 0.218. The Bertz CT molecular complexity index is 1220. The smallest absolute Gasteiger partial charge is 0.331 e. The van der Waals surface area contributed by atoms with Gasteiger partial charge in [-0.2, -0.15) is 0 Å². The number of aliphatic hydroxyl groups excluding tert-OH is 2. The van der Waals surface area contributed by atoms with Crippen LogP contribution in [0.1, 0.15) is 74.1 Å². The van der Waals surface area contributed by atoms with Crippen LogP contribution in [0.2, 0.25) is 0 Å². The zero-order chi connectivity index (χ0) is 27.5. The molecule has 0 bridgehead atoms. The Hall–Kier alpha value is -2.86. The lowest BCUT2D eigenvalue weighted by Gasteiger charge is -2.61. The number of allylic oxidation sites excluding steroid dienone is 7. The van der Waals surface area contributed by atoms with Crippen LogP contribution in [0.15, 0.2) is 69.6 Å². The summed E-state index contributed by atoms with van der Waals surface area (Å²) in [6.45, 7) is 13.6. The number of hydrogen-bond acceptors (Lipinski definition) is 5. The van der Waals surface area contributed by atoms with E-state index in [1.165, 1.54) is 6.92 Å². The van der Waals surface area contributed by atoms with E-state index >= 15 is 0 Å². The second-order valence-corrected chi connectivity index (χ2v) is 12.1. The number of carboxylic acid groups (broad SMARTS) is 1. The van der Waals surface area contributed by atoms with Crippen molar-refractivity contribution in [2.75, 3.05) is 0 Å². The third kappa shape index (κ3) is 4.04. The Balaban J connectivity index is 1.93. The number of carboxylic acids is 1. The Labute approximate surface area is 219 Å². The molecule has 6 heteroatoms. The molecule has 0 aliphatic heterocycles. The molecule has 0 amide bonds. The van der Waals surface area contributed by atoms with Crippen LogP contribution >= 0.6 is 0 Å². The van der Waals surface area contributed by atoms with Crippen molar-refractivity contribution >= 4 is 11.9 Å². The third-order valence-corrected chi connectivity index (χ3v) is 9.56. The summed E-state index contributed by atoms with van der Waals surface area (Å²) >= 11 is 0. The fourth-order valence-electron chi connectivity index (χ4n) is 7.65. The predicted octanol–water partition coefficient (Wildman–Crippen LogP) is 6.12. The molecule has 1 saturated carbocycles. The molecular weight excluding hydrogens is 468 g/mol. The lowest BCUT2D eigenvalue weighted by atomic mass is 9.43. The highest BCUT2D eigenvalue weighted by molar-refractivity contribution is 5.89. The van der Waals surface area contributed by atoms with Crippen LogP contribution in [0.3, 0.4) is 0 Å². The van der Waals surface area contributed by atoms with Gasteiger partial charge in [0.05, 0.1) is 6.10 Å². The maximum atomic E-state index is 12.6. The number of hydrogen-bond donors (Lipinski definition) is 3. The minimum Gasteiger partial charge on any atom is -0.508 e. The van der Waals surface area contributed by atoms with Crippen molar-refractivity contribution in [3.63, 3.8) is 0 Å². The molecule has 0 saturated heterocycles. The first-order valence-corrected chi connectivity index (χ1v) is 13.1. The Morgan fingerprint density at radius 1 is 1.19 bits per heavy atom. The summed E-state index contributed by atoms with van der Waals surface area (Å²) in [5.41, 5.74) is 2.93. The molecule has 1 fully saturated rings. The van der Waals surface area contributed by atoms with E-state index in [4.69, 9.17) is 4.74 Å². The molecular formula is C31H40O6. The van der Waals surface area contributed by atoms with Crippen molar-refractivity contribution in [3.05, 3.63) is 69.6 Å². The van der Waals surface area contributed by atoms with Crippen LogP contribution in [-0.2, 0) is 14.3 Å². The number of aliphatic hydroxyl groups is 2. The summed E-state index contributed by atoms with van der Waals surface area (Å²) in [6.07, 6.45) is 10.2. The van der Waals surface area contributed by atoms with Gasteiger partial charge in [0.15, 0.2) is 0 Å². The zero-order valence-corrected chi connectivity index (χ0v) is 23.0. The first kappa shape index (κ1) is 27.2. The highest BCUT2D eigenvalue weighted by Gasteiger charge is 2.66. The molecule has 1 unspecified atom stereocenters. The van der Waals surface area contributed by atoms with Gasteiger partial charge in [0.25, 0.3) is 0 Å². The normalized spacial score (nSPS) is 37.6. The van der Waals surface area contributed by atoms with E-state index in [-0.39, 0.29) is 17.3 Å². The predicted molar refractivity (Wildman–Crippen MR) is 143 cm³/mol. The molecule has 0 aromatic rings. The maximum absolute atomic E-state index is 12.6. The SMILES string of the molecule is CC(=O)O[C@H]1C[C@@]2(C)C(=C[C@@H](O)C3[C@@]4(C)CC=C(O)C(C)=C4C=C[C@@]32C)/C1=C(\CCC=C(C)C)C(=O)O. The van der Waals surface area contributed by atoms with Crippen LogP contribution in [0.5, 0.6) is 0 Å². The summed E-state index contributed by atoms with van der Waals surface area (Å²) in [5, 5.41) is 32.4. The van der Waals surface area contributed by atoms with Crippen molar-refractivity contribution < 1.29 is 29.6 Å². The largest absolute Gasteiger partial charge is 0.508 e. The van der Waals surface area contributed by atoms with E-state index in [0.717, 1.165) is 22.3 Å². The molecule has 0 aromatic heterocycles. The molecule has 4 rings (SSSR count). The quantitative estimate of drug-likeness (QED) is 0.235. The number of rotatable bonds is 5. The van der Waals surface area contributed by atoms with E-state index in [1.54, 1.807) is 0 Å². The number of esters is 1. The van der Waals surface area contributed by atoms with Crippen LogP contribution in [0, 0.1) is 22.2 Å². The van der Waals surface area contributed by atoms with Gasteiger partial charge in [0, 0.05) is 40.2 Å². The van der Waals surface area contributed by atoms with Gasteiger partial charge in [-0.25, -0.2) is 4.79 Å². The summed E-state index contributed by atoms with van der Waals surface area (Å²) < 4.78 is 5.79. The van der Waals surface area contributed by atoms with E-state index in [1.807, 2.05) is 39.0 Å². The standard InChI is InChI=1S/C31H40O6/c1-17(2)9-8-10-20(28(35)36)26-22-15-24(34)27-29(5)13-12-23(33)18(3)21(29)11-14-30(27,6)31(22,7)16-25(26)37-19(4)32/h9,11-12,14-15,24-25,27,33-34H,8,10,13,16H2,1-7H3,(H,35,36)/b26-20-/t24-,25+,27?,29+,30+,31+/m1/s1. The number of carbonyl (C=O) groups is 2. The monoisotopic (exact) mass is 508 g/mol. The van der Waals surface area contributed by atoms with Gasteiger partial charge in [-0.15, -0.1) is 0 Å². The van der Waals surface area contributed by atoms with E-state index in [0.29, 0.717) is 31.3 Å². The number of ether oxygens (including phenoxy) is 1. The zero-order valence-electron chi connectivity index (χ0n) is 23.0. The topological polar surface area (TPSA) is 104 Å². The highest BCUT2D eigenvalue weighted by Crippen LogP contribution is 2.70. The van der Waals surface area contributed by atoms with Crippen LogP contribution in [-0.4, -0.2) is 39.5 Å². The molecule has 6 nitrogen and oxygen atoms in total. The van der Waals surface area contributed by atoms with Gasteiger partial charge in [-0.1, -0.05) is 50.6 Å². The van der Waals surface area contributed by atoms with E-state index < -0.39 is 40.4 Å². The average Bonchev–Trinajstić information content (AvgIpc) is 3.05. The van der Waals surface area contributed by atoms with Crippen LogP contribution in [0.4, 0.5) is 0 Å². The van der Waals surface area contributed by atoms with E-state index in [2.05, 4.69) is 32.9 Å². The van der Waals surface area contributed by atoms with Crippen LogP contribution in [0.25, 0.3) is 0 Å². The number of carbonyl (C=O) groups excluding carboxylic acids is 1. The molecule has 6 atom stereocenters. The van der Waals surface area contributed by atoms with Crippen molar-refractivity contribution in [2.24, 2.45) is 22.2 Å². The average molecular weight is 509 g/mol. The van der Waals surface area contributed by atoms with Crippen molar-refractivity contribution in [1.82, 2.24) is 0 Å². The van der Waals surface area contributed by atoms with Gasteiger partial charge in [0.2, 0.25) is 0 Å². The Kier molecular flexibility index (Phi) is 6.73. The summed E-state index contributed by atoms with van der Waals surface area (Å²) in [4.78, 5) is 24.7. The fourth-order valence-corrected chi connectivity index (χ4v) is 7.65. The second kappa shape index (κ2) is 9.16. The molecule has 0 spiro atoms. The number of aliphatic carboxylic acids is 1. The van der Waals surface area contributed by atoms with Crippen molar-refractivity contribution in [2.45, 2.75) is 86.4 Å². The lowest BCUT2D eigenvalue weighted by molar-refractivity contribution is -0.146. The molecule has 4 aliphatic carbocycles. The molecule has 200 valence electrons. The van der Waals surface area contributed by atoms with Gasteiger partial charge in [0.1, 0.15) is 11.9 Å². The molecule has 0 aromatic carbocycles. The second-order valence-electron chi connectivity index (χ2n) is 12.1. The Morgan fingerprint density at radius 2 is 1.86 bits per heavy atom. The van der Waals surface area contributed by atoms with E-state index in [9.17, 15) is 24.9 Å². The lowest BCUT2D eigenvalue weighted by Crippen LogP contribution is -2.57. The molecule has 0 radical (unpaired) electrons. The third-order valence-electron chi connectivity index (χ3n) is 9.56. The molecule has 4 aliphatic rings. The molecule has 37 heavy (non-hydrogen) atoms. The molecule has 3 N–H and O–H groups in total. The maximum Gasteiger partial charge on any atom is 0.331 e. The van der Waals surface area contributed by atoms with Gasteiger partial charge >= 0.3 is 11.9 Å². The highest BCUT2D eigenvalue weighted by atomic mass is 16.5. The first-order chi connectivity index (χ1) is 17.2. The fraction of sp³-hybridized carbons (Fsp3) is 0.548. The minimum atomic E-state index is -1.03. The van der Waals surface area contributed by atoms with Gasteiger partial charge in [-0.3, -0.25) is 4.79 Å². The van der Waals surface area contributed by atoms with Gasteiger partial charge in [-0.05, 0) is 69.2 Å². The van der Waals surface area contributed by atoms with Crippen LogP contribution < -0.4 is 0 Å². The van der Waals surface area contributed by atoms with Crippen molar-refractivity contribution in [1.29, 1.82) is 0 Å². The number of fused-ring (bicyclic) bond motifs is 5. The summed E-state index contributed by atoms with van der Waals surface area (Å²) in [6, 6.07) is 0. The van der Waals surface area contributed by atoms with Crippen molar-refractivity contribution in [3.8, 4) is 0 Å². The summed E-state index contributed by atoms with van der Waals surface area (Å²) in [5.74, 6) is -1.43. The van der Waals surface area contributed by atoms with Gasteiger partial charge < -0.3 is 20.1 Å². The first-order valence-electron chi connectivity index (χ1n) is 13.1.